The maximum atomic E-state index is 12.1. The van der Waals surface area contributed by atoms with Crippen molar-refractivity contribution in [2.24, 2.45) is 5.73 Å². The van der Waals surface area contributed by atoms with E-state index in [1.54, 1.807) is 12.1 Å². The van der Waals surface area contributed by atoms with Crippen molar-refractivity contribution in [1.29, 1.82) is 0 Å². The van der Waals surface area contributed by atoms with Crippen LogP contribution >= 0.6 is 23.2 Å². The van der Waals surface area contributed by atoms with Crippen molar-refractivity contribution in [1.82, 2.24) is 4.57 Å². The molecule has 4 aromatic rings. The highest BCUT2D eigenvalue weighted by Crippen LogP contribution is 2.35. The fraction of sp³-hybridized carbons (Fsp3) is 0.174. The van der Waals surface area contributed by atoms with E-state index in [9.17, 15) is 4.79 Å². The Morgan fingerprint density at radius 1 is 1.14 bits per heavy atom. The van der Waals surface area contributed by atoms with Gasteiger partial charge in [-0.1, -0.05) is 61.3 Å². The molecule has 1 amide bonds. The van der Waals surface area contributed by atoms with Crippen molar-refractivity contribution in [2.45, 2.75) is 26.3 Å². The van der Waals surface area contributed by atoms with E-state index in [4.69, 9.17) is 28.9 Å². The molecule has 0 aliphatic heterocycles. The molecular formula is C23H19Cl2N2O. The standard InChI is InChI=1S/C23H19Cl2N2O/c1-13(2)14-9-10-16-20(11-14)27(12-15-5-3-7-18(24)22(15)25)19-8-4-6-17(21(16)19)23(26)28/h3-9,11,13H,12H2,1-2H3,(H2,26,28). The Morgan fingerprint density at radius 3 is 2.61 bits per heavy atom. The van der Waals surface area contributed by atoms with E-state index in [1.807, 2.05) is 30.3 Å². The first-order valence-electron chi connectivity index (χ1n) is 9.07. The van der Waals surface area contributed by atoms with Crippen molar-refractivity contribution in [3.8, 4) is 0 Å². The number of hydrogen-bond acceptors (Lipinski definition) is 1. The molecule has 0 spiro atoms. The normalized spacial score (nSPS) is 11.6. The number of benzene rings is 3. The van der Waals surface area contributed by atoms with E-state index in [-0.39, 0.29) is 0 Å². The van der Waals surface area contributed by atoms with Crippen LogP contribution in [0, 0.1) is 6.07 Å². The predicted octanol–water partition coefficient (Wildman–Crippen LogP) is 6.17. The summed E-state index contributed by atoms with van der Waals surface area (Å²) in [6.07, 6.45) is 0. The highest BCUT2D eigenvalue weighted by molar-refractivity contribution is 6.42. The molecule has 3 aromatic carbocycles. The van der Waals surface area contributed by atoms with Crippen LogP contribution in [0.3, 0.4) is 0 Å². The zero-order chi connectivity index (χ0) is 20.0. The van der Waals surface area contributed by atoms with Gasteiger partial charge in [-0.15, -0.1) is 0 Å². The Bertz CT molecular complexity index is 1220. The maximum absolute atomic E-state index is 12.1. The van der Waals surface area contributed by atoms with Crippen LogP contribution in [-0.4, -0.2) is 10.5 Å². The van der Waals surface area contributed by atoms with Crippen molar-refractivity contribution in [3.63, 3.8) is 0 Å². The van der Waals surface area contributed by atoms with Gasteiger partial charge in [0.25, 0.3) is 0 Å². The van der Waals surface area contributed by atoms with Crippen LogP contribution < -0.4 is 5.73 Å². The van der Waals surface area contributed by atoms with Crippen LogP contribution in [0.4, 0.5) is 0 Å². The number of halogens is 2. The summed E-state index contributed by atoms with van der Waals surface area (Å²) in [5, 5.41) is 2.76. The van der Waals surface area contributed by atoms with Gasteiger partial charge in [0.15, 0.2) is 0 Å². The van der Waals surface area contributed by atoms with Crippen LogP contribution in [0.5, 0.6) is 0 Å². The van der Waals surface area contributed by atoms with E-state index in [0.29, 0.717) is 28.1 Å². The first-order valence-corrected chi connectivity index (χ1v) is 9.83. The zero-order valence-electron chi connectivity index (χ0n) is 15.6. The van der Waals surface area contributed by atoms with Crippen molar-refractivity contribution in [2.75, 3.05) is 0 Å². The summed E-state index contributed by atoms with van der Waals surface area (Å²) < 4.78 is 2.15. The largest absolute Gasteiger partial charge is 0.366 e. The monoisotopic (exact) mass is 409 g/mol. The van der Waals surface area contributed by atoms with E-state index >= 15 is 0 Å². The van der Waals surface area contributed by atoms with Crippen LogP contribution in [0.25, 0.3) is 21.8 Å². The highest BCUT2D eigenvalue weighted by Gasteiger charge is 2.18. The van der Waals surface area contributed by atoms with Crippen molar-refractivity contribution in [3.05, 3.63) is 81.3 Å². The summed E-state index contributed by atoms with van der Waals surface area (Å²) in [5.74, 6) is -0.0933. The average Bonchev–Trinajstić information content (AvgIpc) is 2.98. The lowest BCUT2D eigenvalue weighted by molar-refractivity contribution is 0.100. The molecule has 5 heteroatoms. The molecule has 3 nitrogen and oxygen atoms in total. The molecule has 1 heterocycles. The second kappa shape index (κ2) is 7.16. The zero-order valence-corrected chi connectivity index (χ0v) is 17.1. The van der Waals surface area contributed by atoms with E-state index in [0.717, 1.165) is 27.4 Å². The first-order chi connectivity index (χ1) is 13.4. The average molecular weight is 410 g/mol. The third-order valence-electron chi connectivity index (χ3n) is 5.11. The van der Waals surface area contributed by atoms with Gasteiger partial charge >= 0.3 is 0 Å². The van der Waals surface area contributed by atoms with Gasteiger partial charge in [0.2, 0.25) is 5.91 Å². The van der Waals surface area contributed by atoms with Crippen molar-refractivity contribution < 1.29 is 4.79 Å². The van der Waals surface area contributed by atoms with Crippen LogP contribution in [-0.2, 0) is 6.54 Å². The molecule has 0 saturated carbocycles. The lowest BCUT2D eigenvalue weighted by Crippen LogP contribution is -2.11. The van der Waals surface area contributed by atoms with Crippen LogP contribution in [0.2, 0.25) is 10.0 Å². The Morgan fingerprint density at radius 2 is 1.89 bits per heavy atom. The fourth-order valence-corrected chi connectivity index (χ4v) is 4.00. The molecule has 1 radical (unpaired) electrons. The minimum Gasteiger partial charge on any atom is -0.366 e. The minimum atomic E-state index is -0.452. The first kappa shape index (κ1) is 18.9. The molecule has 1 aromatic heterocycles. The summed E-state index contributed by atoms with van der Waals surface area (Å²) in [5.41, 5.74) is 10.1. The molecule has 0 aliphatic carbocycles. The summed E-state index contributed by atoms with van der Waals surface area (Å²) in [6, 6.07) is 18.7. The van der Waals surface area contributed by atoms with E-state index in [2.05, 4.69) is 30.5 Å². The minimum absolute atomic E-state index is 0.359. The van der Waals surface area contributed by atoms with Gasteiger partial charge in [-0.25, -0.2) is 0 Å². The summed E-state index contributed by atoms with van der Waals surface area (Å²) >= 11 is 12.7. The maximum Gasteiger partial charge on any atom is 0.249 e. The smallest absolute Gasteiger partial charge is 0.249 e. The molecule has 0 bridgehead atoms. The Labute approximate surface area is 173 Å². The van der Waals surface area contributed by atoms with E-state index in [1.165, 1.54) is 5.56 Å². The van der Waals surface area contributed by atoms with Gasteiger partial charge in [-0.2, -0.15) is 0 Å². The molecule has 0 atom stereocenters. The van der Waals surface area contributed by atoms with Gasteiger partial charge in [0, 0.05) is 22.9 Å². The van der Waals surface area contributed by atoms with Gasteiger partial charge in [-0.05, 0) is 47.4 Å². The molecule has 0 fully saturated rings. The molecular weight excluding hydrogens is 391 g/mol. The SMILES string of the molecule is CC(C)c1c[c]c2c3c(C(N)=O)cccc3n(Cc3cccc(Cl)c3Cl)c2c1. The third kappa shape index (κ3) is 3.05. The number of carbonyl (C=O) groups is 1. The number of nitrogens with zero attached hydrogens (tertiary/aromatic N) is 1. The number of fused-ring (bicyclic) bond motifs is 3. The second-order valence-corrected chi connectivity index (χ2v) is 8.00. The molecule has 2 N–H and O–H groups in total. The Hall–Kier alpha value is -2.49. The quantitative estimate of drug-likeness (QED) is 0.430. The molecule has 0 aliphatic rings. The molecule has 4 rings (SSSR count). The number of amides is 1. The van der Waals surface area contributed by atoms with E-state index < -0.39 is 5.91 Å². The molecule has 28 heavy (non-hydrogen) atoms. The number of rotatable bonds is 4. The number of carbonyl (C=O) groups excluding carboxylic acids is 1. The van der Waals surface area contributed by atoms with Gasteiger partial charge < -0.3 is 10.3 Å². The number of hydrogen-bond donors (Lipinski definition) is 1. The predicted molar refractivity (Wildman–Crippen MR) is 116 cm³/mol. The fourth-order valence-electron chi connectivity index (χ4n) is 3.62. The number of primary amides is 1. The van der Waals surface area contributed by atoms with Gasteiger partial charge in [0.1, 0.15) is 0 Å². The van der Waals surface area contributed by atoms with Crippen molar-refractivity contribution >= 4 is 50.9 Å². The topological polar surface area (TPSA) is 48.0 Å². The summed E-state index contributed by atoms with van der Waals surface area (Å²) in [7, 11) is 0. The summed E-state index contributed by atoms with van der Waals surface area (Å²) in [4.78, 5) is 12.1. The molecule has 141 valence electrons. The Balaban J connectivity index is 2.07. The third-order valence-corrected chi connectivity index (χ3v) is 5.97. The molecule has 0 unspecified atom stereocenters. The molecule has 0 saturated heterocycles. The highest BCUT2D eigenvalue weighted by atomic mass is 35.5. The number of nitrogens with two attached hydrogens (primary N) is 1. The number of aromatic nitrogens is 1. The van der Waals surface area contributed by atoms with Gasteiger partial charge in [0.05, 0.1) is 21.1 Å². The van der Waals surface area contributed by atoms with Crippen LogP contribution in [0.1, 0.15) is 41.3 Å². The second-order valence-electron chi connectivity index (χ2n) is 7.21. The van der Waals surface area contributed by atoms with Crippen LogP contribution in [0.15, 0.2) is 48.5 Å². The lowest BCUT2D eigenvalue weighted by Gasteiger charge is -2.12. The summed E-state index contributed by atoms with van der Waals surface area (Å²) in [6.45, 7) is 4.81. The van der Waals surface area contributed by atoms with Gasteiger partial charge in [-0.3, -0.25) is 4.79 Å². The lowest BCUT2D eigenvalue weighted by atomic mass is 10.00. The Kier molecular flexibility index (Phi) is 4.82.